The summed E-state index contributed by atoms with van der Waals surface area (Å²) in [6.45, 7) is 2.88. The van der Waals surface area contributed by atoms with Crippen molar-refractivity contribution in [3.63, 3.8) is 0 Å². The van der Waals surface area contributed by atoms with Gasteiger partial charge in [0, 0.05) is 14.0 Å². The summed E-state index contributed by atoms with van der Waals surface area (Å²) in [6.07, 6.45) is -2.48. The van der Waals surface area contributed by atoms with E-state index in [1.54, 1.807) is 6.92 Å². The molecule has 1 saturated heterocycles. The topological polar surface area (TPSA) is 88.0 Å². The molecule has 1 amide bonds. The Balaban J connectivity index is 2.76. The van der Waals surface area contributed by atoms with Gasteiger partial charge in [-0.15, -0.1) is 0 Å². The average molecular weight is 233 g/mol. The van der Waals surface area contributed by atoms with Gasteiger partial charge in [0.05, 0.1) is 18.8 Å². The molecule has 6 nitrogen and oxygen atoms in total. The fourth-order valence-corrected chi connectivity index (χ4v) is 2.02. The molecule has 0 aromatic heterocycles. The highest BCUT2D eigenvalue weighted by Crippen LogP contribution is 2.22. The quantitative estimate of drug-likeness (QED) is 0.561. The van der Waals surface area contributed by atoms with Crippen LogP contribution in [-0.2, 0) is 14.3 Å². The largest absolute Gasteiger partial charge is 0.394 e. The third kappa shape index (κ3) is 2.70. The van der Waals surface area contributed by atoms with Crippen LogP contribution < -0.4 is 5.32 Å². The molecular weight excluding hydrogens is 214 g/mol. The minimum atomic E-state index is -0.894. The molecule has 94 valence electrons. The van der Waals surface area contributed by atoms with E-state index < -0.39 is 24.4 Å². The van der Waals surface area contributed by atoms with Gasteiger partial charge in [-0.25, -0.2) is 0 Å². The molecule has 3 unspecified atom stereocenters. The van der Waals surface area contributed by atoms with Crippen molar-refractivity contribution >= 4 is 5.91 Å². The molecule has 1 heterocycles. The Morgan fingerprint density at radius 2 is 2.19 bits per heavy atom. The van der Waals surface area contributed by atoms with Gasteiger partial charge in [-0.3, -0.25) is 4.79 Å². The predicted molar refractivity (Wildman–Crippen MR) is 55.8 cm³/mol. The molecule has 0 radical (unpaired) electrons. The number of methoxy groups -OCH3 is 1. The van der Waals surface area contributed by atoms with Gasteiger partial charge in [-0.05, 0) is 6.92 Å². The van der Waals surface area contributed by atoms with Gasteiger partial charge in [0.2, 0.25) is 5.91 Å². The molecule has 0 aliphatic carbocycles. The highest BCUT2D eigenvalue weighted by Gasteiger charge is 2.43. The number of carbonyl (C=O) groups excluding carboxylic acids is 1. The second kappa shape index (κ2) is 5.58. The van der Waals surface area contributed by atoms with E-state index in [1.165, 1.54) is 14.0 Å². The molecule has 6 heteroatoms. The van der Waals surface area contributed by atoms with E-state index in [2.05, 4.69) is 5.32 Å². The van der Waals surface area contributed by atoms with Gasteiger partial charge in [0.15, 0.2) is 0 Å². The molecule has 3 N–H and O–H groups in total. The van der Waals surface area contributed by atoms with Crippen molar-refractivity contribution in [3.8, 4) is 0 Å². The van der Waals surface area contributed by atoms with Crippen LogP contribution in [0.25, 0.3) is 0 Å². The van der Waals surface area contributed by atoms with Crippen LogP contribution >= 0.6 is 0 Å². The summed E-state index contributed by atoms with van der Waals surface area (Å²) in [7, 11) is 1.43. The molecule has 1 rings (SSSR count). The van der Waals surface area contributed by atoms with E-state index in [9.17, 15) is 9.90 Å². The second-order valence-corrected chi connectivity index (χ2v) is 3.98. The number of ether oxygens (including phenoxy) is 2. The van der Waals surface area contributed by atoms with Crippen molar-refractivity contribution in [1.82, 2.24) is 5.32 Å². The number of nitrogens with one attached hydrogen (secondary N) is 1. The molecule has 5 atom stereocenters. The number of hydrogen-bond acceptors (Lipinski definition) is 5. The zero-order valence-corrected chi connectivity index (χ0v) is 9.71. The highest BCUT2D eigenvalue weighted by atomic mass is 16.6. The van der Waals surface area contributed by atoms with Crippen molar-refractivity contribution in [2.24, 2.45) is 0 Å². The van der Waals surface area contributed by atoms with E-state index in [4.69, 9.17) is 14.6 Å². The molecule has 0 saturated carbocycles. The summed E-state index contributed by atoms with van der Waals surface area (Å²) in [4.78, 5) is 11.0. The van der Waals surface area contributed by atoms with E-state index >= 15 is 0 Å². The third-order valence-corrected chi connectivity index (χ3v) is 2.79. The Morgan fingerprint density at radius 3 is 2.62 bits per heavy atom. The molecule has 0 spiro atoms. The summed E-state index contributed by atoms with van der Waals surface area (Å²) < 4.78 is 10.6. The van der Waals surface area contributed by atoms with E-state index in [0.29, 0.717) is 0 Å². The molecule has 0 aromatic carbocycles. The summed E-state index contributed by atoms with van der Waals surface area (Å²) in [5, 5.41) is 21.7. The van der Waals surface area contributed by atoms with Crippen molar-refractivity contribution in [2.45, 2.75) is 44.3 Å². The number of aliphatic hydroxyl groups is 2. The van der Waals surface area contributed by atoms with Crippen molar-refractivity contribution in [1.29, 1.82) is 0 Å². The first-order chi connectivity index (χ1) is 7.51. The normalized spacial score (nSPS) is 39.4. The number of amides is 1. The maximum atomic E-state index is 11.0. The van der Waals surface area contributed by atoms with Crippen LogP contribution in [0.5, 0.6) is 0 Å². The van der Waals surface area contributed by atoms with Crippen LogP contribution in [0.4, 0.5) is 0 Å². The maximum Gasteiger partial charge on any atom is 0.217 e. The number of hydrogen-bond donors (Lipinski definition) is 3. The highest BCUT2D eigenvalue weighted by molar-refractivity contribution is 5.73. The Kier molecular flexibility index (Phi) is 4.67. The number of carbonyl (C=O) groups is 1. The smallest absolute Gasteiger partial charge is 0.217 e. The minimum absolute atomic E-state index is 0.229. The predicted octanol–water partition coefficient (Wildman–Crippen LogP) is -1.35. The molecule has 1 aliphatic rings. The first-order valence-corrected chi connectivity index (χ1v) is 5.25. The summed E-state index contributed by atoms with van der Waals surface area (Å²) in [6, 6.07) is -0.523. The summed E-state index contributed by atoms with van der Waals surface area (Å²) in [5.74, 6) is -0.239. The zero-order chi connectivity index (χ0) is 12.3. The van der Waals surface area contributed by atoms with Gasteiger partial charge >= 0.3 is 0 Å². The molecule has 0 bridgehead atoms. The van der Waals surface area contributed by atoms with Gasteiger partial charge in [0.25, 0.3) is 0 Å². The van der Waals surface area contributed by atoms with Crippen LogP contribution in [0.15, 0.2) is 0 Å². The van der Waals surface area contributed by atoms with Gasteiger partial charge in [-0.2, -0.15) is 0 Å². The van der Waals surface area contributed by atoms with E-state index in [0.717, 1.165) is 0 Å². The molecule has 0 aromatic rings. The lowest BCUT2D eigenvalue weighted by Crippen LogP contribution is -2.63. The lowest BCUT2D eigenvalue weighted by atomic mass is 9.93. The Morgan fingerprint density at radius 1 is 1.56 bits per heavy atom. The second-order valence-electron chi connectivity index (χ2n) is 3.98. The van der Waals surface area contributed by atoms with Crippen molar-refractivity contribution < 1.29 is 24.5 Å². The van der Waals surface area contributed by atoms with Crippen LogP contribution in [0.3, 0.4) is 0 Å². The first-order valence-electron chi connectivity index (χ1n) is 5.25. The fourth-order valence-electron chi connectivity index (χ4n) is 2.02. The monoisotopic (exact) mass is 233 g/mol. The molecule has 1 fully saturated rings. The molecular formula is C10H19NO5. The van der Waals surface area contributed by atoms with Crippen molar-refractivity contribution in [3.05, 3.63) is 0 Å². The lowest BCUT2D eigenvalue weighted by molar-refractivity contribution is -0.199. The van der Waals surface area contributed by atoms with Gasteiger partial charge in [0.1, 0.15) is 18.3 Å². The molecule has 1 aliphatic heterocycles. The average Bonchev–Trinajstić information content (AvgIpc) is 2.23. The Hall–Kier alpha value is -0.690. The zero-order valence-electron chi connectivity index (χ0n) is 9.71. The third-order valence-electron chi connectivity index (χ3n) is 2.79. The van der Waals surface area contributed by atoms with Crippen LogP contribution in [0.2, 0.25) is 0 Å². The van der Waals surface area contributed by atoms with Crippen LogP contribution in [-0.4, -0.2) is 60.3 Å². The fraction of sp³-hybridized carbons (Fsp3) is 0.900. The summed E-state index contributed by atoms with van der Waals surface area (Å²) in [5.41, 5.74) is 0. The van der Waals surface area contributed by atoms with Crippen molar-refractivity contribution in [2.75, 3.05) is 13.7 Å². The van der Waals surface area contributed by atoms with Crippen LogP contribution in [0, 0.1) is 0 Å². The van der Waals surface area contributed by atoms with E-state index in [-0.39, 0.29) is 18.6 Å². The van der Waals surface area contributed by atoms with Gasteiger partial charge < -0.3 is 25.0 Å². The number of aliphatic hydroxyl groups excluding tert-OH is 2. The van der Waals surface area contributed by atoms with Gasteiger partial charge in [-0.1, -0.05) is 0 Å². The number of rotatable bonds is 3. The van der Waals surface area contributed by atoms with Crippen LogP contribution in [0.1, 0.15) is 13.8 Å². The Bertz CT molecular complexity index is 247. The molecule has 16 heavy (non-hydrogen) atoms. The SMILES string of the molecule is CO[C@@H]1C(CO)OC(C)C(NC(C)=O)[C@H]1O. The lowest BCUT2D eigenvalue weighted by Gasteiger charge is -2.42. The standard InChI is InChI=1S/C10H19NO5/c1-5-8(11-6(2)13)9(14)10(15-3)7(4-12)16-5/h5,7-10,12,14H,4H2,1-3H3,(H,11,13)/t5?,7?,8?,9-,10-/m1/s1. The first kappa shape index (κ1) is 13.4. The van der Waals surface area contributed by atoms with E-state index in [1.807, 2.05) is 0 Å². The Labute approximate surface area is 94.5 Å². The minimum Gasteiger partial charge on any atom is -0.394 e. The maximum absolute atomic E-state index is 11.0. The summed E-state index contributed by atoms with van der Waals surface area (Å²) >= 11 is 0.